The minimum Gasteiger partial charge on any atom is -0.297 e. The molecule has 0 spiro atoms. The van der Waals surface area contributed by atoms with Crippen LogP contribution in [0.3, 0.4) is 0 Å². The summed E-state index contributed by atoms with van der Waals surface area (Å²) in [6.45, 7) is 0. The standard InChI is InChI=1S/C17H12N4O4S2/c22-21(23)15-7-3-4-8-16(15)27(24,25)19-13-6-2-1-5-12(13)14-11-20-9-10-26-17(20)18-14/h1-11,19H. The molecule has 0 amide bonds. The number of aromatic nitrogens is 2. The van der Waals surface area contributed by atoms with Gasteiger partial charge in [-0.1, -0.05) is 30.3 Å². The molecule has 10 heteroatoms. The highest BCUT2D eigenvalue weighted by Crippen LogP contribution is 2.31. The quantitative estimate of drug-likeness (QED) is 0.405. The highest BCUT2D eigenvalue weighted by atomic mass is 32.2. The fourth-order valence-corrected chi connectivity index (χ4v) is 4.64. The van der Waals surface area contributed by atoms with Crippen LogP contribution >= 0.6 is 11.3 Å². The molecule has 4 aromatic rings. The third-order valence-corrected chi connectivity index (χ3v) is 6.08. The topological polar surface area (TPSA) is 107 Å². The molecule has 4 rings (SSSR count). The zero-order valence-electron chi connectivity index (χ0n) is 13.6. The SMILES string of the molecule is O=[N+]([O-])c1ccccc1S(=O)(=O)Nc1ccccc1-c1cn2ccsc2n1. The molecular weight excluding hydrogens is 388 g/mol. The van der Waals surface area contributed by atoms with E-state index in [0.29, 0.717) is 16.9 Å². The van der Waals surface area contributed by atoms with Gasteiger partial charge in [0.05, 0.1) is 16.3 Å². The molecule has 0 radical (unpaired) electrons. The second kappa shape index (κ2) is 6.49. The number of rotatable bonds is 5. The maximum atomic E-state index is 12.8. The summed E-state index contributed by atoms with van der Waals surface area (Å²) >= 11 is 1.46. The Hall–Kier alpha value is -3.24. The van der Waals surface area contributed by atoms with Crippen LogP contribution in [0.4, 0.5) is 11.4 Å². The lowest BCUT2D eigenvalue weighted by molar-refractivity contribution is -0.387. The van der Waals surface area contributed by atoms with Crippen LogP contribution in [-0.2, 0) is 10.0 Å². The Bertz CT molecular complexity index is 1230. The van der Waals surface area contributed by atoms with Crippen LogP contribution in [0.5, 0.6) is 0 Å². The van der Waals surface area contributed by atoms with Crippen molar-refractivity contribution in [2.45, 2.75) is 4.90 Å². The lowest BCUT2D eigenvalue weighted by Crippen LogP contribution is -2.15. The Morgan fingerprint density at radius 3 is 2.63 bits per heavy atom. The van der Waals surface area contributed by atoms with Gasteiger partial charge in [0.2, 0.25) is 0 Å². The lowest BCUT2D eigenvalue weighted by atomic mass is 10.1. The molecule has 0 fully saturated rings. The molecule has 0 saturated heterocycles. The fraction of sp³-hybridized carbons (Fsp3) is 0. The first-order valence-corrected chi connectivity index (χ1v) is 10.1. The van der Waals surface area contributed by atoms with Crippen LogP contribution in [0.15, 0.2) is 71.2 Å². The maximum absolute atomic E-state index is 12.8. The van der Waals surface area contributed by atoms with Crippen LogP contribution in [0, 0.1) is 10.1 Å². The highest BCUT2D eigenvalue weighted by molar-refractivity contribution is 7.92. The molecule has 1 N–H and O–H groups in total. The van der Waals surface area contributed by atoms with Crippen molar-refractivity contribution < 1.29 is 13.3 Å². The van der Waals surface area contributed by atoms with E-state index in [9.17, 15) is 18.5 Å². The molecule has 0 atom stereocenters. The van der Waals surface area contributed by atoms with Crippen LogP contribution in [0.2, 0.25) is 0 Å². The summed E-state index contributed by atoms with van der Waals surface area (Å²) in [6, 6.07) is 12.0. The molecule has 0 unspecified atom stereocenters. The van der Waals surface area contributed by atoms with Gasteiger partial charge >= 0.3 is 0 Å². The van der Waals surface area contributed by atoms with Gasteiger partial charge in [-0.15, -0.1) is 11.3 Å². The van der Waals surface area contributed by atoms with E-state index in [1.807, 2.05) is 16.0 Å². The molecule has 27 heavy (non-hydrogen) atoms. The van der Waals surface area contributed by atoms with Crippen LogP contribution in [-0.4, -0.2) is 22.7 Å². The number of fused-ring (bicyclic) bond motifs is 1. The summed E-state index contributed by atoms with van der Waals surface area (Å²) in [5.41, 5.74) is 0.990. The molecule has 2 aromatic carbocycles. The second-order valence-electron chi connectivity index (χ2n) is 5.59. The zero-order valence-corrected chi connectivity index (χ0v) is 15.3. The maximum Gasteiger partial charge on any atom is 0.289 e. The molecule has 8 nitrogen and oxygen atoms in total. The van der Waals surface area contributed by atoms with Crippen LogP contribution < -0.4 is 4.72 Å². The first-order valence-electron chi connectivity index (χ1n) is 7.73. The summed E-state index contributed by atoms with van der Waals surface area (Å²) in [4.78, 5) is 15.3. The first kappa shape index (κ1) is 17.2. The Balaban J connectivity index is 1.77. The van der Waals surface area contributed by atoms with E-state index in [4.69, 9.17) is 0 Å². The Morgan fingerprint density at radius 2 is 1.85 bits per heavy atom. The van der Waals surface area contributed by atoms with Crippen molar-refractivity contribution in [2.75, 3.05) is 4.72 Å². The van der Waals surface area contributed by atoms with Crippen molar-refractivity contribution in [3.05, 3.63) is 76.4 Å². The number of nitro benzene ring substituents is 1. The number of hydrogen-bond acceptors (Lipinski definition) is 6. The smallest absolute Gasteiger partial charge is 0.289 e. The molecule has 2 aromatic heterocycles. The van der Waals surface area contributed by atoms with Crippen molar-refractivity contribution in [3.8, 4) is 11.3 Å². The summed E-state index contributed by atoms with van der Waals surface area (Å²) in [5, 5.41) is 13.1. The van der Waals surface area contributed by atoms with Crippen LogP contribution in [0.1, 0.15) is 0 Å². The summed E-state index contributed by atoms with van der Waals surface area (Å²) in [6.07, 6.45) is 3.65. The van der Waals surface area contributed by atoms with Gasteiger partial charge in [0, 0.05) is 29.4 Å². The van der Waals surface area contributed by atoms with Crippen LogP contribution in [0.25, 0.3) is 16.2 Å². The number of nitrogens with zero attached hydrogens (tertiary/aromatic N) is 3. The minimum absolute atomic E-state index is 0.293. The van der Waals surface area contributed by atoms with Crippen molar-refractivity contribution in [1.29, 1.82) is 0 Å². The Labute approximate surface area is 157 Å². The third-order valence-electron chi connectivity index (χ3n) is 3.89. The van der Waals surface area contributed by atoms with Gasteiger partial charge in [0.15, 0.2) is 9.86 Å². The van der Waals surface area contributed by atoms with Gasteiger partial charge in [-0.25, -0.2) is 13.4 Å². The molecule has 0 aliphatic rings. The van der Waals surface area contributed by atoms with E-state index in [0.717, 1.165) is 11.0 Å². The monoisotopic (exact) mass is 400 g/mol. The first-order chi connectivity index (χ1) is 13.0. The van der Waals surface area contributed by atoms with E-state index >= 15 is 0 Å². The van der Waals surface area contributed by atoms with Crippen molar-refractivity contribution >= 4 is 37.7 Å². The van der Waals surface area contributed by atoms with Crippen molar-refractivity contribution in [3.63, 3.8) is 0 Å². The second-order valence-corrected chi connectivity index (χ2v) is 8.12. The summed E-state index contributed by atoms with van der Waals surface area (Å²) < 4.78 is 29.9. The number of nitro groups is 1. The number of benzene rings is 2. The molecule has 136 valence electrons. The van der Waals surface area contributed by atoms with E-state index in [2.05, 4.69) is 9.71 Å². The predicted molar refractivity (Wildman–Crippen MR) is 102 cm³/mol. The fourth-order valence-electron chi connectivity index (χ4n) is 2.69. The molecular formula is C17H12N4O4S2. The average Bonchev–Trinajstić information content (AvgIpc) is 3.24. The van der Waals surface area contributed by atoms with Gasteiger partial charge in [0.25, 0.3) is 15.7 Å². The van der Waals surface area contributed by atoms with Gasteiger partial charge < -0.3 is 0 Å². The minimum atomic E-state index is -4.16. The number of nitrogens with one attached hydrogen (secondary N) is 1. The predicted octanol–water partition coefficient (Wildman–Crippen LogP) is 3.77. The third kappa shape index (κ3) is 3.15. The summed E-state index contributed by atoms with van der Waals surface area (Å²) in [5.74, 6) is 0. The molecule has 2 heterocycles. The number of hydrogen-bond donors (Lipinski definition) is 1. The van der Waals surface area contributed by atoms with E-state index < -0.39 is 25.5 Å². The van der Waals surface area contributed by atoms with Gasteiger partial charge in [-0.05, 0) is 12.1 Å². The Kier molecular flexibility index (Phi) is 4.13. The number of para-hydroxylation sites is 2. The zero-order chi connectivity index (χ0) is 19.0. The van der Waals surface area contributed by atoms with Crippen molar-refractivity contribution in [2.24, 2.45) is 0 Å². The number of thiazole rings is 1. The molecule has 0 bridgehead atoms. The molecule has 0 aliphatic heterocycles. The van der Waals surface area contributed by atoms with Crippen molar-refractivity contribution in [1.82, 2.24) is 9.38 Å². The lowest BCUT2D eigenvalue weighted by Gasteiger charge is -2.11. The van der Waals surface area contributed by atoms with Gasteiger partial charge in [0.1, 0.15) is 0 Å². The number of imidazole rings is 1. The van der Waals surface area contributed by atoms with E-state index in [1.54, 1.807) is 30.5 Å². The van der Waals surface area contributed by atoms with Gasteiger partial charge in [-0.2, -0.15) is 0 Å². The number of sulfonamides is 1. The Morgan fingerprint density at radius 1 is 1.11 bits per heavy atom. The normalized spacial score (nSPS) is 11.6. The summed E-state index contributed by atoms with van der Waals surface area (Å²) in [7, 11) is -4.16. The largest absolute Gasteiger partial charge is 0.297 e. The van der Waals surface area contributed by atoms with Gasteiger partial charge in [-0.3, -0.25) is 19.2 Å². The number of anilines is 1. The molecule has 0 aliphatic carbocycles. The van der Waals surface area contributed by atoms with E-state index in [1.165, 1.54) is 29.5 Å². The van der Waals surface area contributed by atoms with E-state index in [-0.39, 0.29) is 0 Å². The highest BCUT2D eigenvalue weighted by Gasteiger charge is 2.26. The molecule has 0 saturated carbocycles. The average molecular weight is 400 g/mol.